The maximum absolute atomic E-state index is 12.1. The summed E-state index contributed by atoms with van der Waals surface area (Å²) in [6.45, 7) is 3.74. The lowest BCUT2D eigenvalue weighted by Gasteiger charge is -2.20. The van der Waals surface area contributed by atoms with Crippen LogP contribution in [0.15, 0.2) is 42.5 Å². The van der Waals surface area contributed by atoms with E-state index in [4.69, 9.17) is 0 Å². The number of hydrogen-bond acceptors (Lipinski definition) is 2. The van der Waals surface area contributed by atoms with E-state index in [1.54, 1.807) is 0 Å². The van der Waals surface area contributed by atoms with Gasteiger partial charge in [-0.2, -0.15) is 0 Å². The van der Waals surface area contributed by atoms with Crippen LogP contribution in [-0.2, 0) is 16.0 Å². The molecule has 0 fully saturated rings. The predicted molar refractivity (Wildman–Crippen MR) is 86.7 cm³/mol. The second-order valence-corrected chi connectivity index (χ2v) is 5.63. The first-order chi connectivity index (χ1) is 10.5. The molecule has 0 heterocycles. The Hall–Kier alpha value is -2.36. The van der Waals surface area contributed by atoms with Crippen molar-refractivity contribution in [3.8, 4) is 0 Å². The zero-order valence-electron chi connectivity index (χ0n) is 12.9. The third-order valence-corrected chi connectivity index (χ3v) is 3.97. The molecule has 0 unspecified atom stereocenters. The third kappa shape index (κ3) is 3.85. The standard InChI is InChI=1S/C18H21NO3/c1-3-12(2)17(18(21)22)19-16(20)11-13-8-9-14-6-4-5-7-15(14)10-13/h4-10,12,17H,3,11H2,1-2H3,(H,19,20)(H,21,22)/t12-,17-/m1/s1. The summed E-state index contributed by atoms with van der Waals surface area (Å²) in [5.41, 5.74) is 0.879. The summed E-state index contributed by atoms with van der Waals surface area (Å²) in [5, 5.41) is 14.0. The van der Waals surface area contributed by atoms with Gasteiger partial charge in [-0.1, -0.05) is 62.7 Å². The minimum absolute atomic E-state index is 0.0990. The van der Waals surface area contributed by atoms with Crippen molar-refractivity contribution in [3.63, 3.8) is 0 Å². The van der Waals surface area contributed by atoms with Gasteiger partial charge in [-0.25, -0.2) is 4.79 Å². The molecule has 116 valence electrons. The highest BCUT2D eigenvalue weighted by molar-refractivity contribution is 5.87. The minimum atomic E-state index is -0.985. The summed E-state index contributed by atoms with van der Waals surface area (Å²) in [4.78, 5) is 23.4. The number of carboxylic acids is 1. The number of hydrogen-bond donors (Lipinski definition) is 2. The maximum Gasteiger partial charge on any atom is 0.326 e. The Morgan fingerprint density at radius 3 is 2.45 bits per heavy atom. The molecular weight excluding hydrogens is 278 g/mol. The van der Waals surface area contributed by atoms with Gasteiger partial charge < -0.3 is 10.4 Å². The number of carbonyl (C=O) groups is 2. The molecule has 4 heteroatoms. The van der Waals surface area contributed by atoms with E-state index < -0.39 is 12.0 Å². The van der Waals surface area contributed by atoms with Gasteiger partial charge in [0.2, 0.25) is 5.91 Å². The van der Waals surface area contributed by atoms with E-state index in [0.29, 0.717) is 6.42 Å². The van der Waals surface area contributed by atoms with Crippen molar-refractivity contribution in [2.75, 3.05) is 0 Å². The van der Waals surface area contributed by atoms with Crippen LogP contribution in [0.1, 0.15) is 25.8 Å². The van der Waals surface area contributed by atoms with Crippen LogP contribution in [0, 0.1) is 5.92 Å². The van der Waals surface area contributed by atoms with Gasteiger partial charge in [0.05, 0.1) is 6.42 Å². The largest absolute Gasteiger partial charge is 0.480 e. The van der Waals surface area contributed by atoms with E-state index in [-0.39, 0.29) is 18.2 Å². The molecule has 0 saturated carbocycles. The molecule has 2 atom stereocenters. The lowest BCUT2D eigenvalue weighted by molar-refractivity contribution is -0.143. The van der Waals surface area contributed by atoms with Crippen LogP contribution >= 0.6 is 0 Å². The number of carboxylic acid groups (broad SMARTS) is 1. The Labute approximate surface area is 130 Å². The fourth-order valence-electron chi connectivity index (χ4n) is 2.44. The molecule has 22 heavy (non-hydrogen) atoms. The molecule has 2 aromatic rings. The van der Waals surface area contributed by atoms with Crippen molar-refractivity contribution in [2.24, 2.45) is 5.92 Å². The van der Waals surface area contributed by atoms with Crippen LogP contribution in [0.25, 0.3) is 10.8 Å². The fourth-order valence-corrected chi connectivity index (χ4v) is 2.44. The number of nitrogens with one attached hydrogen (secondary N) is 1. The number of fused-ring (bicyclic) bond motifs is 1. The molecule has 0 bridgehead atoms. The van der Waals surface area contributed by atoms with Crippen LogP contribution in [0.4, 0.5) is 0 Å². The summed E-state index contributed by atoms with van der Waals surface area (Å²) < 4.78 is 0. The van der Waals surface area contributed by atoms with E-state index in [0.717, 1.165) is 16.3 Å². The summed E-state index contributed by atoms with van der Waals surface area (Å²) in [6.07, 6.45) is 0.887. The highest BCUT2D eigenvalue weighted by Crippen LogP contribution is 2.16. The van der Waals surface area contributed by atoms with Crippen LogP contribution in [0.5, 0.6) is 0 Å². The van der Waals surface area contributed by atoms with Gasteiger partial charge >= 0.3 is 5.97 Å². The second kappa shape index (κ2) is 7.07. The Kier molecular flexibility index (Phi) is 5.15. The van der Waals surface area contributed by atoms with E-state index in [9.17, 15) is 14.7 Å². The number of carbonyl (C=O) groups excluding carboxylic acids is 1. The molecule has 0 spiro atoms. The molecule has 2 rings (SSSR count). The van der Waals surface area contributed by atoms with Crippen molar-refractivity contribution in [3.05, 3.63) is 48.0 Å². The van der Waals surface area contributed by atoms with Crippen LogP contribution < -0.4 is 5.32 Å². The quantitative estimate of drug-likeness (QED) is 0.861. The van der Waals surface area contributed by atoms with Crippen molar-refractivity contribution in [1.29, 1.82) is 0 Å². The number of amides is 1. The average molecular weight is 299 g/mol. The average Bonchev–Trinajstić information content (AvgIpc) is 2.51. The highest BCUT2D eigenvalue weighted by atomic mass is 16.4. The van der Waals surface area contributed by atoms with Crippen LogP contribution in [-0.4, -0.2) is 23.0 Å². The number of benzene rings is 2. The molecule has 2 N–H and O–H groups in total. The van der Waals surface area contributed by atoms with Crippen molar-refractivity contribution in [1.82, 2.24) is 5.32 Å². The predicted octanol–water partition coefficient (Wildman–Crippen LogP) is 3.00. The van der Waals surface area contributed by atoms with Gasteiger partial charge in [-0.3, -0.25) is 4.79 Å². The Balaban J connectivity index is 2.08. The van der Waals surface area contributed by atoms with Gasteiger partial charge in [-0.05, 0) is 22.3 Å². The highest BCUT2D eigenvalue weighted by Gasteiger charge is 2.25. The smallest absolute Gasteiger partial charge is 0.326 e. The van der Waals surface area contributed by atoms with E-state index >= 15 is 0 Å². The first kappa shape index (κ1) is 16.0. The summed E-state index contributed by atoms with van der Waals surface area (Å²) >= 11 is 0. The lowest BCUT2D eigenvalue weighted by atomic mass is 9.98. The van der Waals surface area contributed by atoms with Gasteiger partial charge in [0.1, 0.15) is 6.04 Å². The van der Waals surface area contributed by atoms with Gasteiger partial charge in [0.15, 0.2) is 0 Å². The third-order valence-electron chi connectivity index (χ3n) is 3.97. The van der Waals surface area contributed by atoms with Gasteiger partial charge in [-0.15, -0.1) is 0 Å². The first-order valence-corrected chi connectivity index (χ1v) is 7.51. The second-order valence-electron chi connectivity index (χ2n) is 5.63. The zero-order chi connectivity index (χ0) is 16.1. The van der Waals surface area contributed by atoms with Crippen LogP contribution in [0.3, 0.4) is 0 Å². The Bertz CT molecular complexity index is 681. The summed E-state index contributed by atoms with van der Waals surface area (Å²) in [7, 11) is 0. The molecule has 0 saturated heterocycles. The van der Waals surface area contributed by atoms with Crippen molar-refractivity contribution >= 4 is 22.6 Å². The molecule has 0 radical (unpaired) electrons. The Morgan fingerprint density at radius 2 is 1.82 bits per heavy atom. The van der Waals surface area contributed by atoms with E-state index in [1.807, 2.05) is 56.3 Å². The fraction of sp³-hybridized carbons (Fsp3) is 0.333. The van der Waals surface area contributed by atoms with Gasteiger partial charge in [0, 0.05) is 0 Å². The topological polar surface area (TPSA) is 66.4 Å². The minimum Gasteiger partial charge on any atom is -0.480 e. The normalized spacial score (nSPS) is 13.5. The van der Waals surface area contributed by atoms with Crippen molar-refractivity contribution in [2.45, 2.75) is 32.7 Å². The molecular formula is C18H21NO3. The molecule has 1 amide bonds. The molecule has 4 nitrogen and oxygen atoms in total. The SMILES string of the molecule is CC[C@@H](C)[C@@H](NC(=O)Cc1ccc2ccccc2c1)C(=O)O. The maximum atomic E-state index is 12.1. The number of rotatable bonds is 6. The molecule has 0 aliphatic rings. The Morgan fingerprint density at radius 1 is 1.14 bits per heavy atom. The van der Waals surface area contributed by atoms with Crippen molar-refractivity contribution < 1.29 is 14.7 Å². The molecule has 0 aliphatic carbocycles. The van der Waals surface area contributed by atoms with Crippen LogP contribution in [0.2, 0.25) is 0 Å². The molecule has 0 aromatic heterocycles. The summed E-state index contributed by atoms with van der Waals surface area (Å²) in [6, 6.07) is 12.9. The van der Waals surface area contributed by atoms with E-state index in [1.165, 1.54) is 0 Å². The summed E-state index contributed by atoms with van der Waals surface area (Å²) in [5.74, 6) is -1.35. The monoisotopic (exact) mass is 299 g/mol. The number of aliphatic carboxylic acids is 1. The first-order valence-electron chi connectivity index (χ1n) is 7.51. The molecule has 2 aromatic carbocycles. The lowest BCUT2D eigenvalue weighted by Crippen LogP contribution is -2.45. The molecule has 0 aliphatic heterocycles. The van der Waals surface area contributed by atoms with E-state index in [2.05, 4.69) is 5.32 Å². The zero-order valence-corrected chi connectivity index (χ0v) is 12.9. The van der Waals surface area contributed by atoms with Gasteiger partial charge in [0.25, 0.3) is 0 Å².